The first kappa shape index (κ1) is 17.4. The molecule has 0 bridgehead atoms. The molecule has 1 fully saturated rings. The Morgan fingerprint density at radius 1 is 1.32 bits per heavy atom. The van der Waals surface area contributed by atoms with Crippen molar-refractivity contribution in [2.75, 3.05) is 6.54 Å². The summed E-state index contributed by atoms with van der Waals surface area (Å²) in [6.45, 7) is 4.01. The van der Waals surface area contributed by atoms with Gasteiger partial charge in [0.05, 0.1) is 18.2 Å². The molecule has 1 saturated heterocycles. The maximum absolute atomic E-state index is 13.2. The maximum Gasteiger partial charge on any atom is 0.254 e. The van der Waals surface area contributed by atoms with Gasteiger partial charge in [-0.1, -0.05) is 12.1 Å². The first-order chi connectivity index (χ1) is 11.9. The third-order valence-corrected chi connectivity index (χ3v) is 4.13. The van der Waals surface area contributed by atoms with E-state index in [0.717, 1.165) is 5.56 Å². The fourth-order valence-corrected chi connectivity index (χ4v) is 3.05. The van der Waals surface area contributed by atoms with Gasteiger partial charge in [0.25, 0.3) is 5.91 Å². The normalized spacial score (nSPS) is 20.1. The molecule has 0 aliphatic carbocycles. The molecular formula is C19H21FN2O3. The highest BCUT2D eigenvalue weighted by molar-refractivity contribution is 5.95. The minimum atomic E-state index is -0.604. The number of hydrogen-bond acceptors (Lipinski definition) is 4. The number of rotatable bonds is 4. The first-order valence-electron chi connectivity index (χ1n) is 8.31. The minimum absolute atomic E-state index is 0.0431. The zero-order valence-electron chi connectivity index (χ0n) is 14.2. The lowest BCUT2D eigenvalue weighted by Crippen LogP contribution is -2.31. The van der Waals surface area contributed by atoms with Crippen molar-refractivity contribution in [3.63, 3.8) is 0 Å². The zero-order chi connectivity index (χ0) is 18.0. The summed E-state index contributed by atoms with van der Waals surface area (Å²) in [6.07, 6.45) is 1.31. The van der Waals surface area contributed by atoms with Gasteiger partial charge in [-0.05, 0) is 44.0 Å². The number of aliphatic hydroxyl groups excluding tert-OH is 1. The summed E-state index contributed by atoms with van der Waals surface area (Å²) in [5.41, 5.74) is 1.26. The number of aliphatic hydroxyl groups is 1. The summed E-state index contributed by atoms with van der Waals surface area (Å²) in [5, 5.41) is 10.1. The van der Waals surface area contributed by atoms with Crippen molar-refractivity contribution in [1.82, 2.24) is 9.88 Å². The standard InChI is InChI=1S/C19H21FN2O3/c1-12(2)25-18-9-14(7-8-21-18)19(24)22-11-16(23)10-17(22)13-3-5-15(20)6-4-13/h3-9,12,16-17,23H,10-11H2,1-2H3/t16-,17+/m1/s1. The Kier molecular flexibility index (Phi) is 4.99. The molecule has 5 nitrogen and oxygen atoms in total. The fourth-order valence-electron chi connectivity index (χ4n) is 3.05. The Labute approximate surface area is 146 Å². The summed E-state index contributed by atoms with van der Waals surface area (Å²) >= 11 is 0. The molecule has 1 N–H and O–H groups in total. The second kappa shape index (κ2) is 7.19. The van der Waals surface area contributed by atoms with Gasteiger partial charge < -0.3 is 14.7 Å². The van der Waals surface area contributed by atoms with Crippen molar-refractivity contribution in [1.29, 1.82) is 0 Å². The van der Waals surface area contributed by atoms with E-state index in [-0.39, 0.29) is 30.4 Å². The number of nitrogens with zero attached hydrogens (tertiary/aromatic N) is 2. The molecular weight excluding hydrogens is 323 g/mol. The Balaban J connectivity index is 1.85. The van der Waals surface area contributed by atoms with E-state index in [1.54, 1.807) is 29.2 Å². The summed E-state index contributed by atoms with van der Waals surface area (Å²) in [4.78, 5) is 18.7. The minimum Gasteiger partial charge on any atom is -0.475 e. The average molecular weight is 344 g/mol. The second-order valence-electron chi connectivity index (χ2n) is 6.46. The van der Waals surface area contributed by atoms with Crippen molar-refractivity contribution in [2.45, 2.75) is 38.5 Å². The summed E-state index contributed by atoms with van der Waals surface area (Å²) in [5.74, 6) is -0.148. The third kappa shape index (κ3) is 3.96. The number of pyridine rings is 1. The molecule has 0 saturated carbocycles. The predicted octanol–water partition coefficient (Wildman–Crippen LogP) is 2.96. The van der Waals surface area contributed by atoms with E-state index in [9.17, 15) is 14.3 Å². The van der Waals surface area contributed by atoms with Crippen LogP contribution >= 0.6 is 0 Å². The summed E-state index contributed by atoms with van der Waals surface area (Å²) < 4.78 is 18.7. The van der Waals surface area contributed by atoms with E-state index in [1.807, 2.05) is 13.8 Å². The van der Waals surface area contributed by atoms with E-state index in [4.69, 9.17) is 4.74 Å². The second-order valence-corrected chi connectivity index (χ2v) is 6.46. The first-order valence-corrected chi connectivity index (χ1v) is 8.31. The Morgan fingerprint density at radius 3 is 2.72 bits per heavy atom. The van der Waals surface area contributed by atoms with E-state index in [0.29, 0.717) is 17.9 Å². The van der Waals surface area contributed by atoms with Crippen molar-refractivity contribution in [3.05, 3.63) is 59.5 Å². The molecule has 1 amide bonds. The lowest BCUT2D eigenvalue weighted by atomic mass is 10.0. The molecule has 2 aromatic rings. The van der Waals surface area contributed by atoms with E-state index in [2.05, 4.69) is 4.98 Å². The van der Waals surface area contributed by atoms with Crippen molar-refractivity contribution in [3.8, 4) is 5.88 Å². The number of ether oxygens (including phenoxy) is 1. The largest absolute Gasteiger partial charge is 0.475 e. The Morgan fingerprint density at radius 2 is 2.04 bits per heavy atom. The van der Waals surface area contributed by atoms with Gasteiger partial charge in [0.2, 0.25) is 5.88 Å². The number of halogens is 1. The molecule has 3 rings (SSSR count). The van der Waals surface area contributed by atoms with Gasteiger partial charge in [-0.2, -0.15) is 0 Å². The van der Waals surface area contributed by atoms with Crippen LogP contribution in [0, 0.1) is 5.82 Å². The van der Waals surface area contributed by atoms with Gasteiger partial charge in [-0.3, -0.25) is 4.79 Å². The van der Waals surface area contributed by atoms with Crippen LogP contribution in [0.25, 0.3) is 0 Å². The van der Waals surface area contributed by atoms with Crippen LogP contribution in [0.3, 0.4) is 0 Å². The van der Waals surface area contributed by atoms with Crippen LogP contribution in [0.15, 0.2) is 42.6 Å². The molecule has 1 aromatic heterocycles. The number of carbonyl (C=O) groups is 1. The third-order valence-electron chi connectivity index (χ3n) is 4.13. The van der Waals surface area contributed by atoms with Crippen LogP contribution in [-0.4, -0.2) is 39.7 Å². The molecule has 1 aliphatic heterocycles. The fraction of sp³-hybridized carbons (Fsp3) is 0.368. The summed E-state index contributed by atoms with van der Waals surface area (Å²) in [6, 6.07) is 8.98. The number of benzene rings is 1. The highest BCUT2D eigenvalue weighted by atomic mass is 19.1. The van der Waals surface area contributed by atoms with Crippen molar-refractivity contribution >= 4 is 5.91 Å². The van der Waals surface area contributed by atoms with Crippen molar-refractivity contribution < 1.29 is 19.0 Å². The summed E-state index contributed by atoms with van der Waals surface area (Å²) in [7, 11) is 0. The molecule has 6 heteroatoms. The van der Waals surface area contributed by atoms with Gasteiger partial charge in [0, 0.05) is 24.4 Å². The molecule has 0 spiro atoms. The van der Waals surface area contributed by atoms with E-state index in [1.165, 1.54) is 18.3 Å². The van der Waals surface area contributed by atoms with Crippen LogP contribution in [0.4, 0.5) is 4.39 Å². The van der Waals surface area contributed by atoms with Crippen LogP contribution < -0.4 is 4.74 Å². The monoisotopic (exact) mass is 344 g/mol. The van der Waals surface area contributed by atoms with Gasteiger partial charge in [-0.25, -0.2) is 9.37 Å². The molecule has 25 heavy (non-hydrogen) atoms. The zero-order valence-corrected chi connectivity index (χ0v) is 14.2. The lowest BCUT2D eigenvalue weighted by molar-refractivity contribution is 0.0715. The number of likely N-dealkylation sites (tertiary alicyclic amines) is 1. The SMILES string of the molecule is CC(C)Oc1cc(C(=O)N2C[C@H](O)C[C@H]2c2ccc(F)cc2)ccn1. The van der Waals surface area contributed by atoms with Gasteiger partial charge in [0.15, 0.2) is 0 Å². The Bertz CT molecular complexity index is 749. The van der Waals surface area contributed by atoms with Crippen LogP contribution in [0.2, 0.25) is 0 Å². The topological polar surface area (TPSA) is 62.7 Å². The smallest absolute Gasteiger partial charge is 0.254 e. The molecule has 0 unspecified atom stereocenters. The van der Waals surface area contributed by atoms with Crippen molar-refractivity contribution in [2.24, 2.45) is 0 Å². The van der Waals surface area contributed by atoms with E-state index < -0.39 is 6.10 Å². The quantitative estimate of drug-likeness (QED) is 0.926. The molecule has 1 aromatic carbocycles. The molecule has 0 radical (unpaired) electrons. The molecule has 2 atom stereocenters. The van der Waals surface area contributed by atoms with Gasteiger partial charge in [-0.15, -0.1) is 0 Å². The molecule has 132 valence electrons. The highest BCUT2D eigenvalue weighted by Gasteiger charge is 2.35. The van der Waals surface area contributed by atoms with Gasteiger partial charge >= 0.3 is 0 Å². The number of aromatic nitrogens is 1. The molecule has 1 aliphatic rings. The van der Waals surface area contributed by atoms with Gasteiger partial charge in [0.1, 0.15) is 5.82 Å². The van der Waals surface area contributed by atoms with Crippen LogP contribution in [0.5, 0.6) is 5.88 Å². The number of amides is 1. The lowest BCUT2D eigenvalue weighted by Gasteiger charge is -2.25. The predicted molar refractivity (Wildman–Crippen MR) is 90.8 cm³/mol. The number of β-amino-alcohol motifs (C(OH)–C–C–N with tert-alkyl or cyclic N) is 1. The van der Waals surface area contributed by atoms with Crippen LogP contribution in [0.1, 0.15) is 42.2 Å². The molecule has 2 heterocycles. The van der Waals surface area contributed by atoms with E-state index >= 15 is 0 Å². The average Bonchev–Trinajstić information content (AvgIpc) is 2.96. The highest BCUT2D eigenvalue weighted by Crippen LogP contribution is 2.33. The number of carbonyl (C=O) groups excluding carboxylic acids is 1. The number of hydrogen-bond donors (Lipinski definition) is 1. The Hall–Kier alpha value is -2.47. The maximum atomic E-state index is 13.2. The van der Waals surface area contributed by atoms with Crippen LogP contribution in [-0.2, 0) is 0 Å².